The molecule has 0 bridgehead atoms. The van der Waals surface area contributed by atoms with Gasteiger partial charge in [0.15, 0.2) is 0 Å². The van der Waals surface area contributed by atoms with Crippen LogP contribution in [0.2, 0.25) is 0 Å². The molecule has 5 heteroatoms. The maximum atomic E-state index is 12.1. The van der Waals surface area contributed by atoms with Gasteiger partial charge in [0.2, 0.25) is 5.91 Å². The van der Waals surface area contributed by atoms with Gasteiger partial charge in [-0.05, 0) is 18.8 Å². The minimum absolute atomic E-state index is 0.0259. The van der Waals surface area contributed by atoms with E-state index in [4.69, 9.17) is 4.74 Å². The number of nitrogens with one attached hydrogen (secondary N) is 1. The van der Waals surface area contributed by atoms with Crippen molar-refractivity contribution < 1.29 is 14.3 Å². The monoisotopic (exact) mass is 226 g/mol. The lowest BCUT2D eigenvalue weighted by atomic mass is 10.0. The Balaban J connectivity index is 1.99. The third kappa shape index (κ3) is 2.35. The smallest absolute Gasteiger partial charge is 0.252 e. The van der Waals surface area contributed by atoms with Crippen LogP contribution < -0.4 is 5.32 Å². The summed E-state index contributed by atoms with van der Waals surface area (Å²) in [5.74, 6) is 0.164. The lowest BCUT2D eigenvalue weighted by Gasteiger charge is -2.24. The minimum atomic E-state index is -0.342. The van der Waals surface area contributed by atoms with Crippen molar-refractivity contribution in [2.24, 2.45) is 5.92 Å². The number of carbonyl (C=O) groups is 2. The Labute approximate surface area is 95.1 Å². The first-order chi connectivity index (χ1) is 7.68. The van der Waals surface area contributed by atoms with E-state index >= 15 is 0 Å². The summed E-state index contributed by atoms with van der Waals surface area (Å²) < 4.78 is 5.43. The molecular weight excluding hydrogens is 208 g/mol. The second-order valence-corrected chi connectivity index (χ2v) is 4.52. The fourth-order valence-corrected chi connectivity index (χ4v) is 2.19. The van der Waals surface area contributed by atoms with Crippen molar-refractivity contribution in [3.63, 3.8) is 0 Å². The summed E-state index contributed by atoms with van der Waals surface area (Å²) in [4.78, 5) is 25.1. The Morgan fingerprint density at radius 3 is 3.06 bits per heavy atom. The average Bonchev–Trinajstić information content (AvgIpc) is 2.55. The quantitative estimate of drug-likeness (QED) is 0.671. The molecule has 2 fully saturated rings. The number of nitrogens with zero attached hydrogens (tertiary/aromatic N) is 1. The molecular formula is C11H18N2O3. The Hall–Kier alpha value is -1.10. The van der Waals surface area contributed by atoms with Crippen LogP contribution in [-0.4, -0.2) is 49.1 Å². The third-order valence-corrected chi connectivity index (χ3v) is 3.20. The van der Waals surface area contributed by atoms with Crippen LogP contribution in [0.3, 0.4) is 0 Å². The Morgan fingerprint density at radius 1 is 1.56 bits per heavy atom. The maximum Gasteiger partial charge on any atom is 0.252 e. The molecule has 0 spiro atoms. The highest BCUT2D eigenvalue weighted by molar-refractivity contribution is 5.87. The van der Waals surface area contributed by atoms with Crippen molar-refractivity contribution in [3.8, 4) is 0 Å². The summed E-state index contributed by atoms with van der Waals surface area (Å²) in [5, 5.41) is 2.76. The molecule has 5 nitrogen and oxygen atoms in total. The zero-order valence-electron chi connectivity index (χ0n) is 9.57. The molecule has 2 saturated heterocycles. The normalized spacial score (nSPS) is 31.1. The van der Waals surface area contributed by atoms with E-state index in [0.717, 1.165) is 12.8 Å². The van der Waals surface area contributed by atoms with E-state index in [1.165, 1.54) is 0 Å². The molecule has 0 aliphatic carbocycles. The van der Waals surface area contributed by atoms with Crippen LogP contribution in [0.1, 0.15) is 19.8 Å². The first kappa shape index (κ1) is 11.4. The van der Waals surface area contributed by atoms with Crippen LogP contribution in [0.4, 0.5) is 0 Å². The van der Waals surface area contributed by atoms with Crippen LogP contribution in [0.5, 0.6) is 0 Å². The van der Waals surface area contributed by atoms with Crippen LogP contribution >= 0.6 is 0 Å². The number of ether oxygens (including phenoxy) is 1. The summed E-state index contributed by atoms with van der Waals surface area (Å²) in [7, 11) is 0. The predicted molar refractivity (Wildman–Crippen MR) is 57.7 cm³/mol. The highest BCUT2D eigenvalue weighted by atomic mass is 16.5. The van der Waals surface area contributed by atoms with Crippen molar-refractivity contribution in [1.82, 2.24) is 10.2 Å². The molecule has 0 aromatic rings. The molecule has 2 heterocycles. The molecule has 2 amide bonds. The van der Waals surface area contributed by atoms with E-state index in [0.29, 0.717) is 19.7 Å². The van der Waals surface area contributed by atoms with Crippen molar-refractivity contribution in [1.29, 1.82) is 0 Å². The first-order valence-electron chi connectivity index (χ1n) is 5.85. The van der Waals surface area contributed by atoms with Crippen molar-refractivity contribution in [2.75, 3.05) is 26.2 Å². The standard InChI is InChI=1S/C11H18N2O3/c1-8-3-6-16-10(8)11(15)13-5-2-4-12-9(14)7-13/h8,10H,2-7H2,1H3,(H,12,14). The lowest BCUT2D eigenvalue weighted by molar-refractivity contribution is -0.144. The van der Waals surface area contributed by atoms with Gasteiger partial charge in [0.1, 0.15) is 6.10 Å². The molecule has 2 aliphatic heterocycles. The van der Waals surface area contributed by atoms with Gasteiger partial charge in [-0.15, -0.1) is 0 Å². The van der Waals surface area contributed by atoms with Crippen LogP contribution in [0.25, 0.3) is 0 Å². The van der Waals surface area contributed by atoms with E-state index in [1.54, 1.807) is 4.90 Å². The fourth-order valence-electron chi connectivity index (χ4n) is 2.19. The zero-order chi connectivity index (χ0) is 11.5. The van der Waals surface area contributed by atoms with E-state index in [2.05, 4.69) is 5.32 Å². The van der Waals surface area contributed by atoms with Gasteiger partial charge < -0.3 is 15.0 Å². The number of rotatable bonds is 1. The van der Waals surface area contributed by atoms with Gasteiger partial charge in [-0.1, -0.05) is 6.92 Å². The van der Waals surface area contributed by atoms with Crippen molar-refractivity contribution >= 4 is 11.8 Å². The average molecular weight is 226 g/mol. The Bertz CT molecular complexity index is 293. The summed E-state index contributed by atoms with van der Waals surface area (Å²) in [6.07, 6.45) is 1.40. The molecule has 0 aromatic heterocycles. The zero-order valence-corrected chi connectivity index (χ0v) is 9.57. The third-order valence-electron chi connectivity index (χ3n) is 3.20. The second kappa shape index (κ2) is 4.82. The van der Waals surface area contributed by atoms with Crippen LogP contribution in [0.15, 0.2) is 0 Å². The number of hydrogen-bond donors (Lipinski definition) is 1. The number of carbonyl (C=O) groups excluding carboxylic acids is 2. The topological polar surface area (TPSA) is 58.6 Å². The molecule has 0 saturated carbocycles. The highest BCUT2D eigenvalue weighted by Gasteiger charge is 2.34. The Morgan fingerprint density at radius 2 is 2.38 bits per heavy atom. The van der Waals surface area contributed by atoms with Gasteiger partial charge in [0.05, 0.1) is 6.54 Å². The van der Waals surface area contributed by atoms with E-state index in [9.17, 15) is 9.59 Å². The lowest BCUT2D eigenvalue weighted by Crippen LogP contribution is -2.44. The van der Waals surface area contributed by atoms with Gasteiger partial charge in [-0.25, -0.2) is 0 Å². The summed E-state index contributed by atoms with van der Waals surface area (Å²) in [5.41, 5.74) is 0. The molecule has 16 heavy (non-hydrogen) atoms. The molecule has 0 aromatic carbocycles. The molecule has 1 N–H and O–H groups in total. The van der Waals surface area contributed by atoms with Gasteiger partial charge >= 0.3 is 0 Å². The molecule has 2 atom stereocenters. The van der Waals surface area contributed by atoms with Crippen molar-refractivity contribution in [2.45, 2.75) is 25.9 Å². The first-order valence-corrected chi connectivity index (χ1v) is 5.85. The summed E-state index contributed by atoms with van der Waals surface area (Å²) in [6, 6.07) is 0. The maximum absolute atomic E-state index is 12.1. The van der Waals surface area contributed by atoms with Gasteiger partial charge in [-0.2, -0.15) is 0 Å². The molecule has 90 valence electrons. The van der Waals surface area contributed by atoms with E-state index < -0.39 is 0 Å². The number of hydrogen-bond acceptors (Lipinski definition) is 3. The van der Waals surface area contributed by atoms with Crippen molar-refractivity contribution in [3.05, 3.63) is 0 Å². The van der Waals surface area contributed by atoms with Gasteiger partial charge in [-0.3, -0.25) is 9.59 Å². The van der Waals surface area contributed by atoms with Crippen LogP contribution in [0, 0.1) is 5.92 Å². The van der Waals surface area contributed by atoms with Crippen LogP contribution in [-0.2, 0) is 14.3 Å². The highest BCUT2D eigenvalue weighted by Crippen LogP contribution is 2.22. The molecule has 2 aliphatic rings. The van der Waals surface area contributed by atoms with E-state index in [1.807, 2.05) is 6.92 Å². The van der Waals surface area contributed by atoms with Gasteiger partial charge in [0, 0.05) is 19.7 Å². The fraction of sp³-hybridized carbons (Fsp3) is 0.818. The predicted octanol–water partition coefficient (Wildman–Crippen LogP) is -0.240. The Kier molecular flexibility index (Phi) is 3.43. The second-order valence-electron chi connectivity index (χ2n) is 4.52. The minimum Gasteiger partial charge on any atom is -0.368 e. The molecule has 2 rings (SSSR count). The molecule has 2 unspecified atom stereocenters. The van der Waals surface area contributed by atoms with Gasteiger partial charge in [0.25, 0.3) is 5.91 Å². The number of amides is 2. The van der Waals surface area contributed by atoms with E-state index in [-0.39, 0.29) is 30.4 Å². The SMILES string of the molecule is CC1CCOC1C(=O)N1CCCNC(=O)C1. The molecule has 0 radical (unpaired) electrons. The summed E-state index contributed by atoms with van der Waals surface area (Å²) >= 11 is 0. The summed E-state index contributed by atoms with van der Waals surface area (Å²) in [6.45, 7) is 4.14. The largest absolute Gasteiger partial charge is 0.368 e.